The van der Waals surface area contributed by atoms with Gasteiger partial charge < -0.3 is 10.1 Å². The summed E-state index contributed by atoms with van der Waals surface area (Å²) in [5.74, 6) is -2.19. The van der Waals surface area contributed by atoms with Crippen LogP contribution in [0.3, 0.4) is 0 Å². The van der Waals surface area contributed by atoms with E-state index in [1.165, 1.54) is 17.0 Å². The Bertz CT molecular complexity index is 1130. The van der Waals surface area contributed by atoms with E-state index in [0.29, 0.717) is 17.8 Å². The van der Waals surface area contributed by atoms with Crippen molar-refractivity contribution in [2.45, 2.75) is 27.2 Å². The molecule has 170 valence electrons. The number of ether oxygens (including phenoxy) is 1. The third-order valence-corrected chi connectivity index (χ3v) is 6.07. The summed E-state index contributed by atoms with van der Waals surface area (Å²) in [7, 11) is 0. The zero-order valence-corrected chi connectivity index (χ0v) is 18.8. The van der Waals surface area contributed by atoms with Gasteiger partial charge in [-0.05, 0) is 73.7 Å². The van der Waals surface area contributed by atoms with Crippen LogP contribution in [0.25, 0.3) is 0 Å². The maximum absolute atomic E-state index is 12.9. The van der Waals surface area contributed by atoms with E-state index in [2.05, 4.69) is 5.32 Å². The number of anilines is 2. The quantitative estimate of drug-likeness (QED) is 0.428. The van der Waals surface area contributed by atoms with Crippen molar-refractivity contribution in [1.29, 1.82) is 0 Å². The largest absolute Gasteiger partial charge is 0.452 e. The number of rotatable bonds is 5. The smallest absolute Gasteiger partial charge is 0.338 e. The molecule has 2 aromatic carbocycles. The number of carbonyl (C=O) groups is 4. The number of esters is 1. The summed E-state index contributed by atoms with van der Waals surface area (Å²) < 4.78 is 5.11. The molecule has 1 aliphatic heterocycles. The first kappa shape index (κ1) is 22.5. The lowest BCUT2D eigenvalue weighted by Gasteiger charge is -2.22. The first-order valence-corrected chi connectivity index (χ1v) is 10.9. The highest BCUT2D eigenvalue weighted by molar-refractivity contribution is 6.22. The number of fused-ring (bicyclic) bond motifs is 1. The molecule has 1 heterocycles. The van der Waals surface area contributed by atoms with Crippen LogP contribution >= 0.6 is 0 Å². The number of imide groups is 1. The topological polar surface area (TPSA) is 92.8 Å². The summed E-state index contributed by atoms with van der Waals surface area (Å²) in [4.78, 5) is 51.4. The lowest BCUT2D eigenvalue weighted by molar-refractivity contribution is -0.123. The Morgan fingerprint density at radius 2 is 1.70 bits per heavy atom. The van der Waals surface area contributed by atoms with Crippen LogP contribution in [0, 0.1) is 31.6 Å². The van der Waals surface area contributed by atoms with Gasteiger partial charge in [0.1, 0.15) is 0 Å². The van der Waals surface area contributed by atoms with Crippen molar-refractivity contribution in [3.8, 4) is 0 Å². The minimum atomic E-state index is -0.664. The zero-order chi connectivity index (χ0) is 23.7. The van der Waals surface area contributed by atoms with E-state index in [-0.39, 0.29) is 35.1 Å². The molecule has 0 saturated carbocycles. The summed E-state index contributed by atoms with van der Waals surface area (Å²) >= 11 is 0. The molecule has 7 heteroatoms. The summed E-state index contributed by atoms with van der Waals surface area (Å²) in [6.45, 7) is 5.38. The van der Waals surface area contributed by atoms with Crippen molar-refractivity contribution < 1.29 is 23.9 Å². The Hall–Kier alpha value is -3.74. The van der Waals surface area contributed by atoms with Crippen LogP contribution in [0.15, 0.2) is 54.6 Å². The standard InChI is InChI=1S/C26H26N2O5/c1-15-11-16(2)13-19(12-15)27-22(29)14-33-26(32)18-7-9-20(10-8-18)28-24(30)21-6-4-5-17(3)23(21)25(28)31/h4-5,7-13,17,21,23H,6,14H2,1-3H3,(H,27,29)/t17-,21-,23+/m1/s1. The number of nitrogens with one attached hydrogen (secondary N) is 1. The molecule has 3 amide bonds. The van der Waals surface area contributed by atoms with Gasteiger partial charge in [0.15, 0.2) is 6.61 Å². The lowest BCUT2D eigenvalue weighted by Crippen LogP contribution is -2.31. The van der Waals surface area contributed by atoms with Crippen molar-refractivity contribution in [2.24, 2.45) is 17.8 Å². The second-order valence-electron chi connectivity index (χ2n) is 8.71. The third-order valence-electron chi connectivity index (χ3n) is 6.07. The summed E-state index contributed by atoms with van der Waals surface area (Å²) in [5.41, 5.74) is 3.33. The predicted octanol–water partition coefficient (Wildman–Crippen LogP) is 3.80. The Morgan fingerprint density at radius 3 is 2.33 bits per heavy atom. The van der Waals surface area contributed by atoms with E-state index in [1.807, 2.05) is 51.1 Å². The molecule has 1 fully saturated rings. The summed E-state index contributed by atoms with van der Waals surface area (Å²) in [6, 6.07) is 11.7. The zero-order valence-electron chi connectivity index (χ0n) is 18.8. The highest BCUT2D eigenvalue weighted by Gasteiger charge is 2.50. The first-order valence-electron chi connectivity index (χ1n) is 10.9. The van der Waals surface area contributed by atoms with E-state index in [1.54, 1.807) is 12.1 Å². The van der Waals surface area contributed by atoms with E-state index in [9.17, 15) is 19.2 Å². The SMILES string of the molecule is Cc1cc(C)cc(NC(=O)COC(=O)c2ccc(N3C(=O)[C@H]4[C@H](C)C=CC[C@H]4C3=O)cc2)c1. The first-order chi connectivity index (χ1) is 15.7. The van der Waals surface area contributed by atoms with Crippen LogP contribution in [0.1, 0.15) is 34.8 Å². The van der Waals surface area contributed by atoms with Gasteiger partial charge >= 0.3 is 5.97 Å². The number of allylic oxidation sites excluding steroid dienone is 2. The van der Waals surface area contributed by atoms with Crippen molar-refractivity contribution >= 4 is 35.1 Å². The molecule has 7 nitrogen and oxygen atoms in total. The van der Waals surface area contributed by atoms with Crippen molar-refractivity contribution in [3.63, 3.8) is 0 Å². The fourth-order valence-electron chi connectivity index (χ4n) is 4.61. The second-order valence-corrected chi connectivity index (χ2v) is 8.71. The number of hydrogen-bond acceptors (Lipinski definition) is 5. The molecule has 0 aromatic heterocycles. The second kappa shape index (κ2) is 9.02. The fourth-order valence-corrected chi connectivity index (χ4v) is 4.61. The van der Waals surface area contributed by atoms with Gasteiger partial charge in [0.2, 0.25) is 11.8 Å². The van der Waals surface area contributed by atoms with Crippen LogP contribution in [0.2, 0.25) is 0 Å². The third kappa shape index (κ3) is 4.58. The van der Waals surface area contributed by atoms with Gasteiger partial charge in [-0.1, -0.05) is 25.1 Å². The number of benzene rings is 2. The number of carbonyl (C=O) groups excluding carboxylic acids is 4. The normalized spacial score (nSPS) is 21.7. The molecule has 0 spiro atoms. The van der Waals surface area contributed by atoms with E-state index >= 15 is 0 Å². The number of amides is 3. The Morgan fingerprint density at radius 1 is 1.03 bits per heavy atom. The predicted molar refractivity (Wildman–Crippen MR) is 124 cm³/mol. The highest BCUT2D eigenvalue weighted by atomic mass is 16.5. The van der Waals surface area contributed by atoms with Gasteiger partial charge in [0, 0.05) is 5.69 Å². The van der Waals surface area contributed by atoms with Gasteiger partial charge in [0.25, 0.3) is 5.91 Å². The molecule has 0 unspecified atom stereocenters. The molecule has 0 radical (unpaired) electrons. The molecule has 33 heavy (non-hydrogen) atoms. The minimum Gasteiger partial charge on any atom is -0.452 e. The van der Waals surface area contributed by atoms with Crippen molar-refractivity contribution in [3.05, 3.63) is 71.3 Å². The maximum atomic E-state index is 12.9. The number of hydrogen-bond donors (Lipinski definition) is 1. The van der Waals surface area contributed by atoms with Gasteiger partial charge in [-0.2, -0.15) is 0 Å². The van der Waals surface area contributed by atoms with Gasteiger partial charge in [-0.15, -0.1) is 0 Å². The summed E-state index contributed by atoms with van der Waals surface area (Å²) in [5, 5.41) is 2.71. The van der Waals surface area contributed by atoms with Gasteiger partial charge in [-0.25, -0.2) is 4.79 Å². The minimum absolute atomic E-state index is 0.00862. The molecule has 1 saturated heterocycles. The van der Waals surface area contributed by atoms with Crippen LogP contribution in [-0.4, -0.2) is 30.3 Å². The Labute approximate surface area is 192 Å². The van der Waals surface area contributed by atoms with Gasteiger partial charge in [-0.3, -0.25) is 19.3 Å². The van der Waals surface area contributed by atoms with Crippen LogP contribution < -0.4 is 10.2 Å². The average molecular weight is 447 g/mol. The molecule has 4 rings (SSSR count). The van der Waals surface area contributed by atoms with Crippen LogP contribution in [-0.2, 0) is 19.1 Å². The molecule has 0 bridgehead atoms. The fraction of sp³-hybridized carbons (Fsp3) is 0.308. The Kier molecular flexibility index (Phi) is 6.14. The number of nitrogens with zero attached hydrogens (tertiary/aromatic N) is 1. The van der Waals surface area contributed by atoms with Gasteiger partial charge in [0.05, 0.1) is 23.1 Å². The van der Waals surface area contributed by atoms with Crippen molar-refractivity contribution in [2.75, 3.05) is 16.8 Å². The van der Waals surface area contributed by atoms with E-state index in [0.717, 1.165) is 11.1 Å². The van der Waals surface area contributed by atoms with E-state index < -0.39 is 18.5 Å². The molecule has 1 aliphatic carbocycles. The average Bonchev–Trinajstić information content (AvgIpc) is 3.02. The molecule has 2 aromatic rings. The molecular weight excluding hydrogens is 420 g/mol. The maximum Gasteiger partial charge on any atom is 0.338 e. The molecular formula is C26H26N2O5. The highest BCUT2D eigenvalue weighted by Crippen LogP contribution is 2.40. The molecule has 3 atom stereocenters. The monoisotopic (exact) mass is 446 g/mol. The van der Waals surface area contributed by atoms with E-state index in [4.69, 9.17) is 4.74 Å². The summed E-state index contributed by atoms with van der Waals surface area (Å²) in [6.07, 6.45) is 4.49. The lowest BCUT2D eigenvalue weighted by atomic mass is 9.78. The Balaban J connectivity index is 1.37. The van der Waals surface area contributed by atoms with Crippen LogP contribution in [0.4, 0.5) is 11.4 Å². The molecule has 1 N–H and O–H groups in total. The van der Waals surface area contributed by atoms with Crippen LogP contribution in [0.5, 0.6) is 0 Å². The molecule has 2 aliphatic rings. The number of aryl methyl sites for hydroxylation is 2. The van der Waals surface area contributed by atoms with Crippen molar-refractivity contribution in [1.82, 2.24) is 0 Å².